The number of carbonyl (C=O) groups excluding carboxylic acids is 2. The van der Waals surface area contributed by atoms with Gasteiger partial charge in [0.2, 0.25) is 0 Å². The van der Waals surface area contributed by atoms with E-state index in [1.165, 1.54) is 12.1 Å². The Morgan fingerprint density at radius 1 is 0.917 bits per heavy atom. The van der Waals surface area contributed by atoms with Crippen molar-refractivity contribution in [3.63, 3.8) is 0 Å². The highest BCUT2D eigenvalue weighted by atomic mass is 19.1. The van der Waals surface area contributed by atoms with E-state index in [4.69, 9.17) is 0 Å². The Morgan fingerprint density at radius 2 is 1.50 bits per heavy atom. The number of benzene rings is 2. The molecule has 1 aliphatic rings. The molecule has 5 heteroatoms. The lowest BCUT2D eigenvalue weighted by molar-refractivity contribution is 0.0940. The summed E-state index contributed by atoms with van der Waals surface area (Å²) in [5, 5.41) is 5.73. The number of carbonyl (C=O) groups is 2. The molecule has 4 nitrogen and oxygen atoms in total. The first kappa shape index (κ1) is 16.2. The van der Waals surface area contributed by atoms with Gasteiger partial charge in [0.25, 0.3) is 11.8 Å². The SMILES string of the molecule is O=C(NCCc1ccc(F)cc1)c1ccc(C(=O)NC2CC2)cc1. The van der Waals surface area contributed by atoms with E-state index >= 15 is 0 Å². The fraction of sp³-hybridized carbons (Fsp3) is 0.263. The van der Waals surface area contributed by atoms with Crippen molar-refractivity contribution < 1.29 is 14.0 Å². The second-order valence-electron chi connectivity index (χ2n) is 5.96. The minimum atomic E-state index is -0.270. The van der Waals surface area contributed by atoms with Crippen molar-refractivity contribution in [3.8, 4) is 0 Å². The summed E-state index contributed by atoms with van der Waals surface area (Å²) in [5.74, 6) is -0.555. The number of hydrogen-bond donors (Lipinski definition) is 2. The molecule has 1 fully saturated rings. The van der Waals surface area contributed by atoms with Crippen LogP contribution >= 0.6 is 0 Å². The van der Waals surface area contributed by atoms with E-state index in [-0.39, 0.29) is 17.6 Å². The molecule has 0 aliphatic heterocycles. The van der Waals surface area contributed by atoms with Crippen molar-refractivity contribution >= 4 is 11.8 Å². The van der Waals surface area contributed by atoms with Crippen LogP contribution < -0.4 is 10.6 Å². The molecule has 24 heavy (non-hydrogen) atoms. The summed E-state index contributed by atoms with van der Waals surface area (Å²) in [6.07, 6.45) is 2.72. The van der Waals surface area contributed by atoms with Gasteiger partial charge in [-0.1, -0.05) is 12.1 Å². The molecule has 0 bridgehead atoms. The van der Waals surface area contributed by atoms with E-state index in [2.05, 4.69) is 10.6 Å². The van der Waals surface area contributed by atoms with E-state index in [9.17, 15) is 14.0 Å². The van der Waals surface area contributed by atoms with Crippen molar-refractivity contribution in [1.82, 2.24) is 10.6 Å². The molecule has 1 saturated carbocycles. The van der Waals surface area contributed by atoms with Crippen molar-refractivity contribution in [2.75, 3.05) is 6.54 Å². The quantitative estimate of drug-likeness (QED) is 0.857. The number of rotatable bonds is 6. The van der Waals surface area contributed by atoms with Crippen molar-refractivity contribution in [2.24, 2.45) is 0 Å². The van der Waals surface area contributed by atoms with Gasteiger partial charge in [-0.05, 0) is 61.2 Å². The third-order valence-electron chi connectivity index (χ3n) is 3.93. The van der Waals surface area contributed by atoms with Gasteiger partial charge in [-0.3, -0.25) is 9.59 Å². The zero-order valence-electron chi connectivity index (χ0n) is 13.2. The molecule has 0 aromatic heterocycles. The highest BCUT2D eigenvalue weighted by Gasteiger charge is 2.23. The van der Waals surface area contributed by atoms with Crippen molar-refractivity contribution in [2.45, 2.75) is 25.3 Å². The molecule has 0 spiro atoms. The highest BCUT2D eigenvalue weighted by Crippen LogP contribution is 2.19. The smallest absolute Gasteiger partial charge is 0.251 e. The van der Waals surface area contributed by atoms with Crippen LogP contribution in [0.5, 0.6) is 0 Å². The van der Waals surface area contributed by atoms with Gasteiger partial charge in [0.05, 0.1) is 0 Å². The summed E-state index contributed by atoms with van der Waals surface area (Å²) >= 11 is 0. The minimum Gasteiger partial charge on any atom is -0.352 e. The van der Waals surface area contributed by atoms with Crippen LogP contribution in [-0.4, -0.2) is 24.4 Å². The highest BCUT2D eigenvalue weighted by molar-refractivity contribution is 5.98. The van der Waals surface area contributed by atoms with Crippen LogP contribution in [0.4, 0.5) is 4.39 Å². The normalized spacial score (nSPS) is 13.4. The van der Waals surface area contributed by atoms with Gasteiger partial charge < -0.3 is 10.6 Å². The van der Waals surface area contributed by atoms with Crippen LogP contribution in [0.2, 0.25) is 0 Å². The van der Waals surface area contributed by atoms with Crippen molar-refractivity contribution in [3.05, 3.63) is 71.0 Å². The Kier molecular flexibility index (Phi) is 4.89. The largest absolute Gasteiger partial charge is 0.352 e. The maximum atomic E-state index is 12.8. The molecule has 2 aromatic rings. The van der Waals surface area contributed by atoms with E-state index in [0.29, 0.717) is 30.1 Å². The topological polar surface area (TPSA) is 58.2 Å². The third-order valence-corrected chi connectivity index (χ3v) is 3.93. The molecule has 0 atom stereocenters. The standard InChI is InChI=1S/C19H19FN2O2/c20-16-7-1-13(2-8-16)11-12-21-18(23)14-3-5-15(6-4-14)19(24)22-17-9-10-17/h1-8,17H,9-12H2,(H,21,23)(H,22,24). The second kappa shape index (κ2) is 7.25. The fourth-order valence-electron chi connectivity index (χ4n) is 2.34. The predicted molar refractivity (Wildman–Crippen MR) is 89.4 cm³/mol. The lowest BCUT2D eigenvalue weighted by atomic mass is 10.1. The molecule has 0 saturated heterocycles. The van der Waals surface area contributed by atoms with Crippen LogP contribution in [0.25, 0.3) is 0 Å². The molecular formula is C19H19FN2O2. The van der Waals surface area contributed by atoms with Crippen LogP contribution in [0.1, 0.15) is 39.1 Å². The van der Waals surface area contributed by atoms with Crippen LogP contribution in [0, 0.1) is 5.82 Å². The zero-order valence-corrected chi connectivity index (χ0v) is 13.2. The van der Waals surface area contributed by atoms with Crippen LogP contribution in [-0.2, 0) is 6.42 Å². The van der Waals surface area contributed by atoms with E-state index in [1.54, 1.807) is 36.4 Å². The Hall–Kier alpha value is -2.69. The first-order valence-corrected chi connectivity index (χ1v) is 8.05. The van der Waals surface area contributed by atoms with Gasteiger partial charge >= 0.3 is 0 Å². The molecule has 1 aliphatic carbocycles. The van der Waals surface area contributed by atoms with Gasteiger partial charge in [-0.25, -0.2) is 4.39 Å². The number of nitrogens with one attached hydrogen (secondary N) is 2. The van der Waals surface area contributed by atoms with E-state index in [1.807, 2.05) is 0 Å². The Bertz CT molecular complexity index is 722. The molecule has 3 rings (SSSR count). The summed E-state index contributed by atoms with van der Waals surface area (Å²) in [5.41, 5.74) is 2.03. The molecule has 0 unspecified atom stereocenters. The lowest BCUT2D eigenvalue weighted by Gasteiger charge is -2.07. The summed E-state index contributed by atoms with van der Waals surface area (Å²) in [7, 11) is 0. The Labute approximate surface area is 140 Å². The van der Waals surface area contributed by atoms with E-state index in [0.717, 1.165) is 18.4 Å². The van der Waals surface area contributed by atoms with Crippen LogP contribution in [0.15, 0.2) is 48.5 Å². The van der Waals surface area contributed by atoms with Gasteiger partial charge in [-0.15, -0.1) is 0 Å². The third kappa shape index (κ3) is 4.41. The molecule has 2 amide bonds. The summed E-state index contributed by atoms with van der Waals surface area (Å²) in [6, 6.07) is 13.1. The lowest BCUT2D eigenvalue weighted by Crippen LogP contribution is -2.27. The fourth-order valence-corrected chi connectivity index (χ4v) is 2.34. The van der Waals surface area contributed by atoms with Gasteiger partial charge in [-0.2, -0.15) is 0 Å². The zero-order chi connectivity index (χ0) is 16.9. The van der Waals surface area contributed by atoms with Crippen LogP contribution in [0.3, 0.4) is 0 Å². The number of halogens is 1. The molecule has 0 radical (unpaired) electrons. The monoisotopic (exact) mass is 326 g/mol. The van der Waals surface area contributed by atoms with Gasteiger partial charge in [0, 0.05) is 23.7 Å². The maximum absolute atomic E-state index is 12.8. The molecule has 0 heterocycles. The summed E-state index contributed by atoms with van der Waals surface area (Å²) in [6.45, 7) is 0.467. The Morgan fingerprint density at radius 3 is 2.08 bits per heavy atom. The first-order chi connectivity index (χ1) is 11.6. The summed E-state index contributed by atoms with van der Waals surface area (Å²) in [4.78, 5) is 24.0. The first-order valence-electron chi connectivity index (χ1n) is 8.05. The minimum absolute atomic E-state index is 0.0965. The van der Waals surface area contributed by atoms with E-state index < -0.39 is 0 Å². The maximum Gasteiger partial charge on any atom is 0.251 e. The number of hydrogen-bond acceptors (Lipinski definition) is 2. The number of amides is 2. The second-order valence-corrected chi connectivity index (χ2v) is 5.96. The molecule has 2 N–H and O–H groups in total. The average Bonchev–Trinajstić information content (AvgIpc) is 3.40. The summed E-state index contributed by atoms with van der Waals surface area (Å²) < 4.78 is 12.8. The van der Waals surface area contributed by atoms with Gasteiger partial charge in [0.15, 0.2) is 0 Å². The van der Waals surface area contributed by atoms with Gasteiger partial charge in [0.1, 0.15) is 5.82 Å². The van der Waals surface area contributed by atoms with Crippen molar-refractivity contribution in [1.29, 1.82) is 0 Å². The Balaban J connectivity index is 1.49. The molecular weight excluding hydrogens is 307 g/mol. The molecule has 124 valence electrons. The average molecular weight is 326 g/mol. The predicted octanol–water partition coefficient (Wildman–Crippen LogP) is 2.69. The molecule has 2 aromatic carbocycles.